The highest BCUT2D eigenvalue weighted by Gasteiger charge is 2.10. The molecule has 0 aliphatic rings. The van der Waals surface area contributed by atoms with E-state index in [1.165, 1.54) is 4.90 Å². The Morgan fingerprint density at radius 2 is 1.89 bits per heavy atom. The van der Waals surface area contributed by atoms with E-state index < -0.39 is 11.8 Å². The van der Waals surface area contributed by atoms with Gasteiger partial charge in [0.2, 0.25) is 0 Å². The number of carbonyl (C=O) groups excluding carboxylic acids is 1. The van der Waals surface area contributed by atoms with Crippen molar-refractivity contribution in [3.63, 3.8) is 0 Å². The summed E-state index contributed by atoms with van der Waals surface area (Å²) >= 11 is 0. The van der Waals surface area contributed by atoms with Crippen molar-refractivity contribution in [3.8, 4) is 0 Å². The molecule has 1 N–H and O–H groups in total. The van der Waals surface area contributed by atoms with Gasteiger partial charge in [-0.3, -0.25) is 4.79 Å². The van der Waals surface area contributed by atoms with E-state index in [4.69, 9.17) is 5.11 Å². The normalized spacial score (nSPS) is 9.67. The summed E-state index contributed by atoms with van der Waals surface area (Å²) in [6.07, 6.45) is 0. The summed E-state index contributed by atoms with van der Waals surface area (Å²) in [6, 6.07) is 0. The zero-order valence-corrected chi connectivity index (χ0v) is 5.42. The third-order valence-electron chi connectivity index (χ3n) is 0.698. The number of carbonyl (C=O) groups is 2. The van der Waals surface area contributed by atoms with Crippen LogP contribution in [-0.4, -0.2) is 42.4 Å². The van der Waals surface area contributed by atoms with Crippen LogP contribution in [-0.2, 0) is 9.59 Å². The Balaban J connectivity index is 3.65. The highest BCUT2D eigenvalue weighted by molar-refractivity contribution is 6.33. The third-order valence-corrected chi connectivity index (χ3v) is 0.698. The number of hydrogen-bond acceptors (Lipinski definition) is 3. The second kappa shape index (κ2) is 3.19. The van der Waals surface area contributed by atoms with Gasteiger partial charge in [0.1, 0.15) is 0 Å². The molecule has 0 bridgehead atoms. The zero-order valence-electron chi connectivity index (χ0n) is 5.42. The van der Waals surface area contributed by atoms with Gasteiger partial charge in [-0.1, -0.05) is 0 Å². The molecule has 0 unspecified atom stereocenters. The van der Waals surface area contributed by atoms with E-state index in [0.717, 1.165) is 0 Å². The van der Waals surface area contributed by atoms with Gasteiger partial charge < -0.3 is 10.0 Å². The fraction of sp³-hybridized carbons (Fsp3) is 0.600. The van der Waals surface area contributed by atoms with Crippen LogP contribution >= 0.6 is 0 Å². The van der Waals surface area contributed by atoms with E-state index in [0.29, 0.717) is 0 Å². The van der Waals surface area contributed by atoms with E-state index in [1.54, 1.807) is 14.1 Å². The molecule has 0 rings (SSSR count). The fourth-order valence-electron chi connectivity index (χ4n) is 0.355. The summed E-state index contributed by atoms with van der Waals surface area (Å²) in [4.78, 5) is 21.7. The maximum Gasteiger partial charge on any atom is 0.373 e. The van der Waals surface area contributed by atoms with E-state index >= 15 is 0 Å². The number of aliphatic carboxylic acids is 1. The number of ketones is 1. The summed E-state index contributed by atoms with van der Waals surface area (Å²) in [5.74, 6) is -2.15. The molecular formula is C5H9NO3. The molecule has 0 aromatic carbocycles. The standard InChI is InChI=1S/C5H9NO3/c1-6(2)3-4(7)5(8)9/h3H2,1-2H3,(H,8,9). The molecule has 9 heavy (non-hydrogen) atoms. The fourth-order valence-corrected chi connectivity index (χ4v) is 0.355. The molecule has 52 valence electrons. The Bertz CT molecular complexity index is 130. The molecule has 0 atom stereocenters. The van der Waals surface area contributed by atoms with Crippen LogP contribution in [0.15, 0.2) is 0 Å². The summed E-state index contributed by atoms with van der Waals surface area (Å²) in [5, 5.41) is 8.05. The van der Waals surface area contributed by atoms with Crippen molar-refractivity contribution in [1.29, 1.82) is 0 Å². The van der Waals surface area contributed by atoms with Crippen LogP contribution in [0.25, 0.3) is 0 Å². The summed E-state index contributed by atoms with van der Waals surface area (Å²) < 4.78 is 0. The smallest absolute Gasteiger partial charge is 0.373 e. The first-order chi connectivity index (χ1) is 4.04. The lowest BCUT2D eigenvalue weighted by Crippen LogP contribution is -2.27. The Hall–Kier alpha value is -0.900. The van der Waals surface area contributed by atoms with Gasteiger partial charge in [-0.05, 0) is 14.1 Å². The van der Waals surface area contributed by atoms with Crippen LogP contribution in [0.2, 0.25) is 0 Å². The average Bonchev–Trinajstić information content (AvgIpc) is 1.63. The molecule has 0 fully saturated rings. The molecule has 4 nitrogen and oxygen atoms in total. The van der Waals surface area contributed by atoms with E-state index in [-0.39, 0.29) is 6.54 Å². The first kappa shape index (κ1) is 8.10. The molecule has 0 heterocycles. The van der Waals surface area contributed by atoms with Crippen molar-refractivity contribution in [2.24, 2.45) is 0 Å². The summed E-state index contributed by atoms with van der Waals surface area (Å²) in [6.45, 7) is -0.0324. The molecular weight excluding hydrogens is 122 g/mol. The molecule has 0 saturated carbocycles. The average molecular weight is 131 g/mol. The quantitative estimate of drug-likeness (QED) is 0.509. The van der Waals surface area contributed by atoms with Gasteiger partial charge in [0.05, 0.1) is 6.54 Å². The number of rotatable bonds is 3. The van der Waals surface area contributed by atoms with Crippen LogP contribution in [0.5, 0.6) is 0 Å². The first-order valence-corrected chi connectivity index (χ1v) is 2.45. The van der Waals surface area contributed by atoms with Crippen LogP contribution < -0.4 is 0 Å². The number of carboxylic acids is 1. The maximum atomic E-state index is 10.3. The van der Waals surface area contributed by atoms with Crippen LogP contribution in [0.1, 0.15) is 0 Å². The monoisotopic (exact) mass is 131 g/mol. The molecule has 4 heteroatoms. The number of likely N-dealkylation sites (N-methyl/N-ethyl adjacent to an activating group) is 1. The predicted molar refractivity (Wildman–Crippen MR) is 31.2 cm³/mol. The predicted octanol–water partition coefficient (Wildman–Crippen LogP) is -0.798. The van der Waals surface area contributed by atoms with Gasteiger partial charge in [0.25, 0.3) is 5.78 Å². The molecule has 0 saturated heterocycles. The largest absolute Gasteiger partial charge is 0.475 e. The van der Waals surface area contributed by atoms with Gasteiger partial charge in [-0.25, -0.2) is 4.79 Å². The van der Waals surface area contributed by atoms with Crippen molar-refractivity contribution in [2.75, 3.05) is 20.6 Å². The maximum absolute atomic E-state index is 10.3. The van der Waals surface area contributed by atoms with Gasteiger partial charge in [-0.2, -0.15) is 0 Å². The van der Waals surface area contributed by atoms with E-state index in [2.05, 4.69) is 0 Å². The lowest BCUT2D eigenvalue weighted by atomic mass is 10.4. The van der Waals surface area contributed by atoms with Gasteiger partial charge >= 0.3 is 5.97 Å². The highest BCUT2D eigenvalue weighted by Crippen LogP contribution is 1.76. The topological polar surface area (TPSA) is 57.6 Å². The van der Waals surface area contributed by atoms with Crippen molar-refractivity contribution >= 4 is 11.8 Å². The second-order valence-electron chi connectivity index (χ2n) is 1.97. The van der Waals surface area contributed by atoms with Gasteiger partial charge in [-0.15, -0.1) is 0 Å². The number of carboxylic acid groups (broad SMARTS) is 1. The number of hydrogen-bond donors (Lipinski definition) is 1. The molecule has 0 radical (unpaired) electrons. The van der Waals surface area contributed by atoms with Crippen LogP contribution in [0.3, 0.4) is 0 Å². The lowest BCUT2D eigenvalue weighted by molar-refractivity contribution is -0.149. The van der Waals surface area contributed by atoms with Crippen molar-refractivity contribution in [2.45, 2.75) is 0 Å². The Morgan fingerprint density at radius 1 is 1.44 bits per heavy atom. The summed E-state index contributed by atoms with van der Waals surface area (Å²) in [5.41, 5.74) is 0. The van der Waals surface area contributed by atoms with Crippen LogP contribution in [0.4, 0.5) is 0 Å². The highest BCUT2D eigenvalue weighted by atomic mass is 16.4. The Kier molecular flexibility index (Phi) is 2.87. The van der Waals surface area contributed by atoms with Crippen molar-refractivity contribution in [3.05, 3.63) is 0 Å². The minimum Gasteiger partial charge on any atom is -0.475 e. The Morgan fingerprint density at radius 3 is 2.00 bits per heavy atom. The molecule has 0 aliphatic carbocycles. The first-order valence-electron chi connectivity index (χ1n) is 2.45. The minimum atomic E-state index is -1.37. The molecule has 0 amide bonds. The second-order valence-corrected chi connectivity index (χ2v) is 1.97. The van der Waals surface area contributed by atoms with Crippen molar-refractivity contribution < 1.29 is 14.7 Å². The van der Waals surface area contributed by atoms with E-state index in [1.807, 2.05) is 0 Å². The zero-order chi connectivity index (χ0) is 7.44. The van der Waals surface area contributed by atoms with Gasteiger partial charge in [0, 0.05) is 0 Å². The minimum absolute atomic E-state index is 0.0324. The Labute approximate surface area is 53.1 Å². The number of nitrogens with zero attached hydrogens (tertiary/aromatic N) is 1. The molecule has 0 aromatic heterocycles. The van der Waals surface area contributed by atoms with Crippen molar-refractivity contribution in [1.82, 2.24) is 4.90 Å². The van der Waals surface area contributed by atoms with E-state index in [9.17, 15) is 9.59 Å². The lowest BCUT2D eigenvalue weighted by Gasteiger charge is -2.03. The number of Topliss-reactive ketones (excluding diaryl/α,β-unsaturated/α-hetero) is 1. The third kappa shape index (κ3) is 3.66. The van der Waals surface area contributed by atoms with Gasteiger partial charge in [0.15, 0.2) is 0 Å². The SMILES string of the molecule is CN(C)CC(=O)C(=O)O. The molecule has 0 aliphatic heterocycles. The molecule has 0 spiro atoms. The van der Waals surface area contributed by atoms with Crippen LogP contribution in [0, 0.1) is 0 Å². The summed E-state index contributed by atoms with van der Waals surface area (Å²) in [7, 11) is 3.28. The molecule has 0 aromatic rings.